The standard InChI is InChI=1S/C11H13NO3/c1-11(2)10(14)12-8-5-3-4-7(6-13)9(8)15-11/h3-5,13H,6H2,1-2H3,(H,12,14). The molecule has 1 aliphatic heterocycles. The minimum absolute atomic E-state index is 0.102. The van der Waals surface area contributed by atoms with Crippen LogP contribution >= 0.6 is 0 Å². The number of hydrogen-bond acceptors (Lipinski definition) is 3. The quantitative estimate of drug-likeness (QED) is 0.729. The lowest BCUT2D eigenvalue weighted by Gasteiger charge is -2.32. The van der Waals surface area contributed by atoms with E-state index in [0.717, 1.165) is 0 Å². The van der Waals surface area contributed by atoms with E-state index in [1.165, 1.54) is 0 Å². The second-order valence-corrected chi connectivity index (χ2v) is 4.02. The molecule has 1 aromatic carbocycles. The Kier molecular flexibility index (Phi) is 2.16. The normalized spacial score (nSPS) is 17.7. The van der Waals surface area contributed by atoms with Crippen LogP contribution in [0.4, 0.5) is 5.69 Å². The molecule has 0 radical (unpaired) electrons. The molecular weight excluding hydrogens is 194 g/mol. The van der Waals surface area contributed by atoms with Gasteiger partial charge in [0.05, 0.1) is 12.3 Å². The average Bonchev–Trinajstić information content (AvgIpc) is 2.18. The molecule has 0 unspecified atom stereocenters. The Morgan fingerprint density at radius 2 is 2.20 bits per heavy atom. The van der Waals surface area contributed by atoms with E-state index in [-0.39, 0.29) is 12.5 Å². The van der Waals surface area contributed by atoms with Crippen molar-refractivity contribution >= 4 is 11.6 Å². The molecule has 4 nitrogen and oxygen atoms in total. The SMILES string of the molecule is CC1(C)Oc2c(CO)cccc2NC1=O. The molecule has 15 heavy (non-hydrogen) atoms. The van der Waals surface area contributed by atoms with E-state index in [0.29, 0.717) is 17.0 Å². The van der Waals surface area contributed by atoms with Crippen LogP contribution in [0.1, 0.15) is 19.4 Å². The van der Waals surface area contributed by atoms with Crippen molar-refractivity contribution in [3.63, 3.8) is 0 Å². The Morgan fingerprint density at radius 1 is 1.47 bits per heavy atom. The van der Waals surface area contributed by atoms with Crippen LogP contribution in [0.15, 0.2) is 18.2 Å². The third-order valence-electron chi connectivity index (χ3n) is 2.42. The molecule has 80 valence electrons. The van der Waals surface area contributed by atoms with E-state index < -0.39 is 5.60 Å². The molecule has 2 rings (SSSR count). The van der Waals surface area contributed by atoms with Gasteiger partial charge < -0.3 is 15.2 Å². The molecule has 0 atom stereocenters. The summed E-state index contributed by atoms with van der Waals surface area (Å²) in [4.78, 5) is 11.6. The molecule has 2 N–H and O–H groups in total. The molecule has 0 saturated carbocycles. The lowest BCUT2D eigenvalue weighted by molar-refractivity contribution is -0.129. The number of ether oxygens (including phenoxy) is 1. The molecule has 0 bridgehead atoms. The number of hydrogen-bond donors (Lipinski definition) is 2. The monoisotopic (exact) mass is 207 g/mol. The molecule has 1 aliphatic rings. The third-order valence-corrected chi connectivity index (χ3v) is 2.42. The maximum absolute atomic E-state index is 11.6. The smallest absolute Gasteiger partial charge is 0.268 e. The Hall–Kier alpha value is -1.55. The van der Waals surface area contributed by atoms with Crippen molar-refractivity contribution in [1.29, 1.82) is 0 Å². The van der Waals surface area contributed by atoms with E-state index in [2.05, 4.69) is 5.32 Å². The Bertz CT molecular complexity index is 412. The van der Waals surface area contributed by atoms with Gasteiger partial charge >= 0.3 is 0 Å². The lowest BCUT2D eigenvalue weighted by atomic mass is 10.0. The number of nitrogens with one attached hydrogen (secondary N) is 1. The third kappa shape index (κ3) is 1.57. The molecular formula is C11H13NO3. The van der Waals surface area contributed by atoms with Crippen molar-refractivity contribution < 1.29 is 14.6 Å². The van der Waals surface area contributed by atoms with Gasteiger partial charge in [0.1, 0.15) is 5.75 Å². The Labute approximate surface area is 87.9 Å². The zero-order valence-corrected chi connectivity index (χ0v) is 8.70. The molecule has 0 spiro atoms. The molecule has 1 heterocycles. The first-order valence-electron chi connectivity index (χ1n) is 4.78. The van der Waals surface area contributed by atoms with E-state index in [4.69, 9.17) is 9.84 Å². The number of amides is 1. The second kappa shape index (κ2) is 3.24. The predicted molar refractivity (Wildman–Crippen MR) is 55.7 cm³/mol. The number of carbonyl (C=O) groups is 1. The number of para-hydroxylation sites is 1. The van der Waals surface area contributed by atoms with Gasteiger partial charge in [-0.05, 0) is 19.9 Å². The molecule has 1 aromatic rings. The van der Waals surface area contributed by atoms with Crippen molar-refractivity contribution in [1.82, 2.24) is 0 Å². The summed E-state index contributed by atoms with van der Waals surface area (Å²) >= 11 is 0. The number of aliphatic hydroxyl groups excluding tert-OH is 1. The lowest BCUT2D eigenvalue weighted by Crippen LogP contribution is -2.46. The second-order valence-electron chi connectivity index (χ2n) is 4.02. The van der Waals surface area contributed by atoms with Crippen LogP contribution < -0.4 is 10.1 Å². The summed E-state index contributed by atoms with van der Waals surface area (Å²) in [6.45, 7) is 3.29. The number of fused-ring (bicyclic) bond motifs is 1. The molecule has 0 aromatic heterocycles. The van der Waals surface area contributed by atoms with Gasteiger partial charge in [0, 0.05) is 5.56 Å². The minimum atomic E-state index is -0.891. The van der Waals surface area contributed by atoms with Crippen molar-refractivity contribution in [2.24, 2.45) is 0 Å². The van der Waals surface area contributed by atoms with E-state index in [9.17, 15) is 4.79 Å². The van der Waals surface area contributed by atoms with Crippen molar-refractivity contribution in [3.8, 4) is 5.75 Å². The Balaban J connectivity index is 2.50. The van der Waals surface area contributed by atoms with Gasteiger partial charge in [-0.2, -0.15) is 0 Å². The number of rotatable bonds is 1. The Morgan fingerprint density at radius 3 is 2.87 bits per heavy atom. The molecule has 0 saturated heterocycles. The number of carbonyl (C=O) groups excluding carboxylic acids is 1. The van der Waals surface area contributed by atoms with Gasteiger partial charge in [-0.15, -0.1) is 0 Å². The maximum Gasteiger partial charge on any atom is 0.268 e. The van der Waals surface area contributed by atoms with Crippen LogP contribution in [0.2, 0.25) is 0 Å². The van der Waals surface area contributed by atoms with Gasteiger partial charge in [0.2, 0.25) is 0 Å². The van der Waals surface area contributed by atoms with Crippen LogP contribution in [-0.2, 0) is 11.4 Å². The fraction of sp³-hybridized carbons (Fsp3) is 0.364. The van der Waals surface area contributed by atoms with E-state index in [1.54, 1.807) is 32.0 Å². The van der Waals surface area contributed by atoms with Crippen LogP contribution in [0.3, 0.4) is 0 Å². The van der Waals surface area contributed by atoms with Crippen LogP contribution in [0.25, 0.3) is 0 Å². The van der Waals surface area contributed by atoms with Crippen molar-refractivity contribution in [3.05, 3.63) is 23.8 Å². The van der Waals surface area contributed by atoms with E-state index in [1.807, 2.05) is 0 Å². The molecule has 0 fully saturated rings. The summed E-state index contributed by atoms with van der Waals surface area (Å²) in [7, 11) is 0. The summed E-state index contributed by atoms with van der Waals surface area (Å²) in [6, 6.07) is 5.29. The maximum atomic E-state index is 11.6. The molecule has 4 heteroatoms. The van der Waals surface area contributed by atoms with Crippen LogP contribution in [-0.4, -0.2) is 16.6 Å². The van der Waals surface area contributed by atoms with Gasteiger partial charge in [0.25, 0.3) is 5.91 Å². The highest BCUT2D eigenvalue weighted by molar-refractivity contribution is 6.00. The van der Waals surface area contributed by atoms with Crippen molar-refractivity contribution in [2.75, 3.05) is 5.32 Å². The first-order valence-corrected chi connectivity index (χ1v) is 4.78. The minimum Gasteiger partial charge on any atom is -0.475 e. The summed E-state index contributed by atoms with van der Waals surface area (Å²) in [5.74, 6) is 0.384. The van der Waals surface area contributed by atoms with Gasteiger partial charge in [0.15, 0.2) is 5.60 Å². The van der Waals surface area contributed by atoms with Gasteiger partial charge in [-0.25, -0.2) is 0 Å². The topological polar surface area (TPSA) is 58.6 Å². The fourth-order valence-corrected chi connectivity index (χ4v) is 1.50. The highest BCUT2D eigenvalue weighted by atomic mass is 16.5. The first-order chi connectivity index (χ1) is 7.04. The zero-order chi connectivity index (χ0) is 11.1. The number of aliphatic hydroxyl groups is 1. The predicted octanol–water partition coefficient (Wildman–Crippen LogP) is 1.29. The summed E-state index contributed by atoms with van der Waals surface area (Å²) in [6.07, 6.45) is 0. The molecule has 1 amide bonds. The highest BCUT2D eigenvalue weighted by Crippen LogP contribution is 2.36. The van der Waals surface area contributed by atoms with E-state index >= 15 is 0 Å². The van der Waals surface area contributed by atoms with Crippen molar-refractivity contribution in [2.45, 2.75) is 26.1 Å². The number of benzene rings is 1. The summed E-state index contributed by atoms with van der Waals surface area (Å²) < 4.78 is 5.58. The van der Waals surface area contributed by atoms with Gasteiger partial charge in [-0.1, -0.05) is 12.1 Å². The fourth-order valence-electron chi connectivity index (χ4n) is 1.50. The first kappa shape index (κ1) is 9.98. The van der Waals surface area contributed by atoms with Crippen LogP contribution in [0, 0.1) is 0 Å². The highest BCUT2D eigenvalue weighted by Gasteiger charge is 2.36. The zero-order valence-electron chi connectivity index (χ0n) is 8.70. The largest absolute Gasteiger partial charge is 0.475 e. The molecule has 0 aliphatic carbocycles. The summed E-state index contributed by atoms with van der Waals surface area (Å²) in [5.41, 5.74) is 0.407. The average molecular weight is 207 g/mol. The van der Waals surface area contributed by atoms with Gasteiger partial charge in [-0.3, -0.25) is 4.79 Å². The summed E-state index contributed by atoms with van der Waals surface area (Å²) in [5, 5.41) is 11.9. The van der Waals surface area contributed by atoms with Crippen LogP contribution in [0.5, 0.6) is 5.75 Å². The number of anilines is 1.